The molecule has 0 bridgehead atoms. The largest absolute Gasteiger partial charge is 0.447 e. The Bertz CT molecular complexity index is 398. The highest BCUT2D eigenvalue weighted by molar-refractivity contribution is 5.86. The van der Waals surface area contributed by atoms with Crippen LogP contribution in [0.4, 0.5) is 4.79 Å². The molecule has 0 unspecified atom stereocenters. The minimum absolute atomic E-state index is 0.0806. The number of nitrogens with one attached hydrogen (secondary N) is 1. The summed E-state index contributed by atoms with van der Waals surface area (Å²) in [5.41, 5.74) is 0. The molecule has 1 rings (SSSR count). The molecule has 1 saturated heterocycles. The van der Waals surface area contributed by atoms with E-state index in [4.69, 9.17) is 9.47 Å². The quantitative estimate of drug-likeness (QED) is 0.561. The molecule has 0 radical (unpaired) electrons. The molecule has 0 aromatic rings. The van der Waals surface area contributed by atoms with E-state index in [0.717, 1.165) is 19.3 Å². The summed E-state index contributed by atoms with van der Waals surface area (Å²) in [4.78, 5) is 25.7. The number of likely N-dealkylation sites (tertiary alicyclic amines) is 1. The van der Waals surface area contributed by atoms with Crippen LogP contribution >= 0.6 is 0 Å². The van der Waals surface area contributed by atoms with E-state index in [1.54, 1.807) is 0 Å². The minimum Gasteiger partial charge on any atom is -0.447 e. The molecule has 1 aliphatic rings. The Kier molecular flexibility index (Phi) is 15.0. The van der Waals surface area contributed by atoms with E-state index in [1.807, 2.05) is 27.7 Å². The van der Waals surface area contributed by atoms with E-state index in [-0.39, 0.29) is 18.1 Å². The number of hydrogen-bond acceptors (Lipinski definition) is 4. The molecule has 27 heavy (non-hydrogen) atoms. The summed E-state index contributed by atoms with van der Waals surface area (Å²) < 4.78 is 10.6. The average Bonchev–Trinajstić information content (AvgIpc) is 3.08. The summed E-state index contributed by atoms with van der Waals surface area (Å²) in [6.07, 6.45) is 7.10. The molecule has 0 saturated carbocycles. The van der Waals surface area contributed by atoms with Crippen molar-refractivity contribution in [2.75, 3.05) is 19.7 Å². The molecular formula is C21H42N2O4. The van der Waals surface area contributed by atoms with Crippen LogP contribution in [0.1, 0.15) is 86.5 Å². The Morgan fingerprint density at radius 3 is 2.22 bits per heavy atom. The van der Waals surface area contributed by atoms with Crippen molar-refractivity contribution in [1.29, 1.82) is 0 Å². The number of rotatable bonds is 10. The molecular weight excluding hydrogens is 344 g/mol. The van der Waals surface area contributed by atoms with Crippen molar-refractivity contribution in [3.63, 3.8) is 0 Å². The fourth-order valence-electron chi connectivity index (χ4n) is 2.76. The molecule has 0 aromatic carbocycles. The van der Waals surface area contributed by atoms with Crippen molar-refractivity contribution in [3.8, 4) is 0 Å². The van der Waals surface area contributed by atoms with Crippen LogP contribution in [0.15, 0.2) is 0 Å². The van der Waals surface area contributed by atoms with Gasteiger partial charge >= 0.3 is 6.09 Å². The lowest BCUT2D eigenvalue weighted by Crippen LogP contribution is -2.46. The zero-order valence-corrected chi connectivity index (χ0v) is 18.4. The smallest absolute Gasteiger partial charge is 0.410 e. The van der Waals surface area contributed by atoms with Crippen LogP contribution in [-0.2, 0) is 14.3 Å². The van der Waals surface area contributed by atoms with Crippen molar-refractivity contribution in [1.82, 2.24) is 10.2 Å². The van der Waals surface area contributed by atoms with Gasteiger partial charge in [-0.1, -0.05) is 33.1 Å². The van der Waals surface area contributed by atoms with Gasteiger partial charge in [0.2, 0.25) is 5.91 Å². The monoisotopic (exact) mass is 386 g/mol. The summed E-state index contributed by atoms with van der Waals surface area (Å²) in [5.74, 6) is -0.0806. The van der Waals surface area contributed by atoms with Crippen LogP contribution in [-0.4, -0.2) is 54.8 Å². The van der Waals surface area contributed by atoms with Gasteiger partial charge in [0.05, 0.1) is 12.2 Å². The lowest BCUT2D eigenvalue weighted by atomic mass is 10.2. The standard InChI is InChI=1S/C16H30N2O4.C5H12/c1-12(2)21-11-6-5-9-17-15(19)14-8-7-10-18(14)16(20)22-13(3)4;1-3-5-4-2/h12-14H,5-11H2,1-4H3,(H,17,19);3-5H2,1-2H3/t14-;/m0./s1. The molecule has 0 aromatic heterocycles. The maximum atomic E-state index is 12.2. The number of amides is 2. The predicted molar refractivity (Wildman–Crippen MR) is 110 cm³/mol. The topological polar surface area (TPSA) is 67.9 Å². The number of hydrogen-bond donors (Lipinski definition) is 1. The van der Waals surface area contributed by atoms with Crippen LogP contribution in [0.2, 0.25) is 0 Å². The lowest BCUT2D eigenvalue weighted by Gasteiger charge is -2.24. The number of ether oxygens (including phenoxy) is 2. The van der Waals surface area contributed by atoms with Gasteiger partial charge in [-0.3, -0.25) is 9.69 Å². The van der Waals surface area contributed by atoms with Gasteiger partial charge in [0, 0.05) is 19.7 Å². The van der Waals surface area contributed by atoms with Gasteiger partial charge < -0.3 is 14.8 Å². The first-order valence-electron chi connectivity index (χ1n) is 10.7. The summed E-state index contributed by atoms with van der Waals surface area (Å²) in [7, 11) is 0. The lowest BCUT2D eigenvalue weighted by molar-refractivity contribution is -0.125. The second-order valence-corrected chi connectivity index (χ2v) is 7.56. The minimum atomic E-state index is -0.391. The summed E-state index contributed by atoms with van der Waals surface area (Å²) in [6, 6.07) is -0.391. The van der Waals surface area contributed by atoms with Gasteiger partial charge in [-0.25, -0.2) is 4.79 Å². The number of carbonyl (C=O) groups is 2. The van der Waals surface area contributed by atoms with E-state index in [1.165, 1.54) is 24.2 Å². The van der Waals surface area contributed by atoms with Crippen molar-refractivity contribution in [3.05, 3.63) is 0 Å². The highest BCUT2D eigenvalue weighted by Crippen LogP contribution is 2.19. The van der Waals surface area contributed by atoms with E-state index >= 15 is 0 Å². The molecule has 1 atom stereocenters. The third-order valence-electron chi connectivity index (χ3n) is 4.16. The number of carbonyl (C=O) groups excluding carboxylic acids is 2. The van der Waals surface area contributed by atoms with Gasteiger partial charge in [0.15, 0.2) is 0 Å². The molecule has 1 N–H and O–H groups in total. The molecule has 6 heteroatoms. The molecule has 2 amide bonds. The molecule has 0 aliphatic carbocycles. The summed E-state index contributed by atoms with van der Waals surface area (Å²) in [6.45, 7) is 14.0. The Labute approximate surface area is 166 Å². The zero-order valence-electron chi connectivity index (χ0n) is 18.4. The van der Waals surface area contributed by atoms with Crippen LogP contribution < -0.4 is 5.32 Å². The molecule has 1 heterocycles. The fourth-order valence-corrected chi connectivity index (χ4v) is 2.76. The zero-order chi connectivity index (χ0) is 20.7. The maximum absolute atomic E-state index is 12.2. The molecule has 6 nitrogen and oxygen atoms in total. The fraction of sp³-hybridized carbons (Fsp3) is 0.905. The normalized spacial score (nSPS) is 16.3. The van der Waals surface area contributed by atoms with Crippen molar-refractivity contribution in [2.45, 2.75) is 105 Å². The van der Waals surface area contributed by atoms with Gasteiger partial charge in [0.1, 0.15) is 6.04 Å². The van der Waals surface area contributed by atoms with Gasteiger partial charge in [-0.2, -0.15) is 0 Å². The Morgan fingerprint density at radius 1 is 1.04 bits per heavy atom. The van der Waals surface area contributed by atoms with E-state index in [0.29, 0.717) is 26.1 Å². The van der Waals surface area contributed by atoms with Crippen LogP contribution in [0, 0.1) is 0 Å². The van der Waals surface area contributed by atoms with Gasteiger partial charge in [-0.15, -0.1) is 0 Å². The van der Waals surface area contributed by atoms with Crippen molar-refractivity contribution >= 4 is 12.0 Å². The average molecular weight is 387 g/mol. The van der Waals surface area contributed by atoms with Crippen molar-refractivity contribution in [2.24, 2.45) is 0 Å². The molecule has 1 aliphatic heterocycles. The number of unbranched alkanes of at least 4 members (excludes halogenated alkanes) is 3. The first-order chi connectivity index (χ1) is 12.8. The van der Waals surface area contributed by atoms with Gasteiger partial charge in [-0.05, 0) is 53.4 Å². The van der Waals surface area contributed by atoms with Crippen LogP contribution in [0.5, 0.6) is 0 Å². The van der Waals surface area contributed by atoms with Gasteiger partial charge in [0.25, 0.3) is 0 Å². The first kappa shape index (κ1) is 25.7. The second kappa shape index (κ2) is 15.7. The van der Waals surface area contributed by atoms with E-state index in [2.05, 4.69) is 19.2 Å². The third-order valence-corrected chi connectivity index (χ3v) is 4.16. The summed E-state index contributed by atoms with van der Waals surface area (Å²) >= 11 is 0. The number of nitrogens with zero attached hydrogens (tertiary/aromatic N) is 1. The van der Waals surface area contributed by atoms with Crippen LogP contribution in [0.3, 0.4) is 0 Å². The van der Waals surface area contributed by atoms with Crippen molar-refractivity contribution < 1.29 is 19.1 Å². The Hall–Kier alpha value is -1.30. The SMILES string of the molecule is CC(C)OCCCCNC(=O)[C@@H]1CCCN1C(=O)OC(C)C.CCCCC. The highest BCUT2D eigenvalue weighted by Gasteiger charge is 2.35. The first-order valence-corrected chi connectivity index (χ1v) is 10.7. The molecule has 0 spiro atoms. The second-order valence-electron chi connectivity index (χ2n) is 7.56. The maximum Gasteiger partial charge on any atom is 0.410 e. The molecule has 160 valence electrons. The Morgan fingerprint density at radius 2 is 1.70 bits per heavy atom. The van der Waals surface area contributed by atoms with E-state index in [9.17, 15) is 9.59 Å². The third kappa shape index (κ3) is 12.7. The van der Waals surface area contributed by atoms with Crippen LogP contribution in [0.25, 0.3) is 0 Å². The Balaban J connectivity index is 0.00000119. The molecule has 1 fully saturated rings. The predicted octanol–water partition coefficient (Wildman–Crippen LogP) is 4.51. The highest BCUT2D eigenvalue weighted by atomic mass is 16.6. The summed E-state index contributed by atoms with van der Waals surface area (Å²) in [5, 5.41) is 2.91. The van der Waals surface area contributed by atoms with E-state index < -0.39 is 12.1 Å².